The Labute approximate surface area is 112 Å². The van der Waals surface area contributed by atoms with Gasteiger partial charge in [-0.1, -0.05) is 18.2 Å². The lowest BCUT2D eigenvalue weighted by Gasteiger charge is -2.28. The van der Waals surface area contributed by atoms with Crippen LogP contribution < -0.4 is 0 Å². The minimum absolute atomic E-state index is 0.204. The van der Waals surface area contributed by atoms with Gasteiger partial charge in [-0.2, -0.15) is 0 Å². The third-order valence-corrected chi connectivity index (χ3v) is 3.41. The van der Waals surface area contributed by atoms with Crippen molar-refractivity contribution in [3.05, 3.63) is 42.5 Å². The van der Waals surface area contributed by atoms with Gasteiger partial charge in [0, 0.05) is 6.54 Å². The summed E-state index contributed by atoms with van der Waals surface area (Å²) in [6.45, 7) is 2.44. The van der Waals surface area contributed by atoms with E-state index in [1.807, 2.05) is 30.3 Å². The molecular weight excluding hydrogens is 240 g/mol. The summed E-state index contributed by atoms with van der Waals surface area (Å²) in [6, 6.07) is 9.96. The summed E-state index contributed by atoms with van der Waals surface area (Å²) >= 11 is 0. The molecule has 2 heterocycles. The van der Waals surface area contributed by atoms with Crippen LogP contribution in [0.2, 0.25) is 0 Å². The van der Waals surface area contributed by atoms with Gasteiger partial charge in [-0.05, 0) is 31.5 Å². The van der Waals surface area contributed by atoms with Gasteiger partial charge in [-0.3, -0.25) is 4.90 Å². The molecule has 0 radical (unpaired) electrons. The summed E-state index contributed by atoms with van der Waals surface area (Å²) in [5, 5.41) is 14.1. The smallest absolute Gasteiger partial charge is 0.164 e. The van der Waals surface area contributed by atoms with Crippen molar-refractivity contribution in [2.24, 2.45) is 0 Å². The van der Waals surface area contributed by atoms with Crippen molar-refractivity contribution in [1.29, 1.82) is 0 Å². The number of aromatic nitrogens is 3. The topological polar surface area (TPSA) is 54.2 Å². The lowest BCUT2D eigenvalue weighted by molar-refractivity contribution is 0.0655. The third kappa shape index (κ3) is 3.00. The number of nitrogens with zero attached hydrogens (tertiary/aromatic N) is 4. The molecule has 1 N–H and O–H groups in total. The summed E-state index contributed by atoms with van der Waals surface area (Å²) in [4.78, 5) is 6.55. The summed E-state index contributed by atoms with van der Waals surface area (Å²) in [7, 11) is 0. The predicted molar refractivity (Wildman–Crippen MR) is 71.9 cm³/mol. The van der Waals surface area contributed by atoms with E-state index in [1.54, 1.807) is 11.0 Å². The number of piperidine rings is 1. The molecule has 100 valence electrons. The first-order chi connectivity index (χ1) is 9.31. The third-order valence-electron chi connectivity index (χ3n) is 3.41. The molecule has 1 aliphatic rings. The zero-order valence-corrected chi connectivity index (χ0v) is 10.8. The Morgan fingerprint density at radius 1 is 1.26 bits per heavy atom. The van der Waals surface area contributed by atoms with Gasteiger partial charge in [0.15, 0.2) is 5.82 Å². The Morgan fingerprint density at radius 2 is 2.11 bits per heavy atom. The maximum atomic E-state index is 9.65. The summed E-state index contributed by atoms with van der Waals surface area (Å²) in [5.74, 6) is 0.804. The molecule has 3 rings (SSSR count). The van der Waals surface area contributed by atoms with Crippen molar-refractivity contribution in [2.45, 2.75) is 25.5 Å². The second-order valence-corrected chi connectivity index (χ2v) is 4.97. The van der Waals surface area contributed by atoms with Gasteiger partial charge in [0.2, 0.25) is 0 Å². The molecule has 1 aliphatic heterocycles. The van der Waals surface area contributed by atoms with E-state index in [4.69, 9.17) is 0 Å². The highest BCUT2D eigenvalue weighted by Crippen LogP contribution is 2.12. The van der Waals surface area contributed by atoms with Crippen molar-refractivity contribution >= 4 is 0 Å². The standard InChI is InChI=1S/C14H18N4O/c19-13-7-4-8-17(9-13)10-14-15-11-18(16-14)12-5-2-1-3-6-12/h1-3,5-6,11,13,19H,4,7-10H2. The molecule has 0 bridgehead atoms. The van der Waals surface area contributed by atoms with Crippen LogP contribution in [0.15, 0.2) is 36.7 Å². The molecule has 1 aromatic heterocycles. The van der Waals surface area contributed by atoms with Crippen LogP contribution in [0.4, 0.5) is 0 Å². The van der Waals surface area contributed by atoms with Crippen molar-refractivity contribution in [1.82, 2.24) is 19.7 Å². The molecule has 1 atom stereocenters. The molecule has 5 heteroatoms. The number of para-hydroxylation sites is 1. The molecule has 1 fully saturated rings. The Hall–Kier alpha value is -1.72. The van der Waals surface area contributed by atoms with E-state index in [0.29, 0.717) is 6.54 Å². The van der Waals surface area contributed by atoms with E-state index >= 15 is 0 Å². The highest BCUT2D eigenvalue weighted by atomic mass is 16.3. The summed E-state index contributed by atoms with van der Waals surface area (Å²) in [6.07, 6.45) is 3.48. The second kappa shape index (κ2) is 5.50. The largest absolute Gasteiger partial charge is 0.392 e. The van der Waals surface area contributed by atoms with E-state index in [0.717, 1.165) is 37.4 Å². The van der Waals surface area contributed by atoms with E-state index in [9.17, 15) is 5.11 Å². The average Bonchev–Trinajstić information content (AvgIpc) is 2.88. The van der Waals surface area contributed by atoms with E-state index < -0.39 is 0 Å². The number of hydrogen-bond donors (Lipinski definition) is 1. The first kappa shape index (κ1) is 12.3. The van der Waals surface area contributed by atoms with Crippen LogP contribution in [0.25, 0.3) is 5.69 Å². The highest BCUT2D eigenvalue weighted by Gasteiger charge is 2.18. The minimum atomic E-state index is -0.204. The fourth-order valence-electron chi connectivity index (χ4n) is 2.45. The zero-order chi connectivity index (χ0) is 13.1. The predicted octanol–water partition coefficient (Wildman–Crippen LogP) is 1.22. The number of hydrogen-bond acceptors (Lipinski definition) is 4. The lowest BCUT2D eigenvalue weighted by atomic mass is 10.1. The van der Waals surface area contributed by atoms with Gasteiger partial charge in [0.05, 0.1) is 18.3 Å². The van der Waals surface area contributed by atoms with Crippen LogP contribution in [0.1, 0.15) is 18.7 Å². The van der Waals surface area contributed by atoms with E-state index in [2.05, 4.69) is 15.0 Å². The molecule has 19 heavy (non-hydrogen) atoms. The summed E-state index contributed by atoms with van der Waals surface area (Å²) < 4.78 is 1.79. The van der Waals surface area contributed by atoms with Crippen LogP contribution in [-0.4, -0.2) is 44.0 Å². The number of rotatable bonds is 3. The fourth-order valence-corrected chi connectivity index (χ4v) is 2.45. The Bertz CT molecular complexity index is 525. The average molecular weight is 258 g/mol. The van der Waals surface area contributed by atoms with E-state index in [1.165, 1.54) is 0 Å². The van der Waals surface area contributed by atoms with Crippen molar-refractivity contribution in [2.75, 3.05) is 13.1 Å². The van der Waals surface area contributed by atoms with Gasteiger partial charge in [-0.15, -0.1) is 5.10 Å². The van der Waals surface area contributed by atoms with Crippen LogP contribution in [0.5, 0.6) is 0 Å². The molecule has 5 nitrogen and oxygen atoms in total. The maximum Gasteiger partial charge on any atom is 0.164 e. The first-order valence-electron chi connectivity index (χ1n) is 6.67. The molecule has 2 aromatic rings. The van der Waals surface area contributed by atoms with Gasteiger partial charge in [0.25, 0.3) is 0 Å². The quantitative estimate of drug-likeness (QED) is 0.899. The molecule has 1 saturated heterocycles. The number of aliphatic hydroxyl groups excluding tert-OH is 1. The molecule has 0 amide bonds. The van der Waals surface area contributed by atoms with Gasteiger partial charge < -0.3 is 5.11 Å². The molecule has 1 unspecified atom stereocenters. The zero-order valence-electron chi connectivity index (χ0n) is 10.8. The molecule has 0 aliphatic carbocycles. The SMILES string of the molecule is OC1CCCN(Cc2ncn(-c3ccccc3)n2)C1. The van der Waals surface area contributed by atoms with Gasteiger partial charge in [-0.25, -0.2) is 9.67 Å². The maximum absolute atomic E-state index is 9.65. The summed E-state index contributed by atoms with van der Waals surface area (Å²) in [5.41, 5.74) is 1.01. The van der Waals surface area contributed by atoms with Gasteiger partial charge in [0.1, 0.15) is 6.33 Å². The van der Waals surface area contributed by atoms with Gasteiger partial charge >= 0.3 is 0 Å². The Morgan fingerprint density at radius 3 is 2.89 bits per heavy atom. The molecule has 1 aromatic carbocycles. The van der Waals surface area contributed by atoms with E-state index in [-0.39, 0.29) is 6.10 Å². The number of β-amino-alcohol motifs (C(OH)–C–C–N with tert-alkyl or cyclic N) is 1. The molecular formula is C14H18N4O. The fraction of sp³-hybridized carbons (Fsp3) is 0.429. The van der Waals surface area contributed by atoms with Crippen LogP contribution in [0.3, 0.4) is 0 Å². The second-order valence-electron chi connectivity index (χ2n) is 4.97. The van der Waals surface area contributed by atoms with Crippen LogP contribution >= 0.6 is 0 Å². The highest BCUT2D eigenvalue weighted by molar-refractivity contribution is 5.29. The van der Waals surface area contributed by atoms with Crippen molar-refractivity contribution in [3.8, 4) is 5.69 Å². The first-order valence-corrected chi connectivity index (χ1v) is 6.67. The Kier molecular flexibility index (Phi) is 3.57. The molecule has 0 saturated carbocycles. The normalized spacial score (nSPS) is 20.6. The minimum Gasteiger partial charge on any atom is -0.392 e. The number of aliphatic hydroxyl groups is 1. The number of benzene rings is 1. The van der Waals surface area contributed by atoms with Crippen LogP contribution in [-0.2, 0) is 6.54 Å². The monoisotopic (exact) mass is 258 g/mol. The number of likely N-dealkylation sites (tertiary alicyclic amines) is 1. The lowest BCUT2D eigenvalue weighted by Crippen LogP contribution is -2.37. The van der Waals surface area contributed by atoms with Crippen molar-refractivity contribution < 1.29 is 5.11 Å². The molecule has 0 spiro atoms. The van der Waals surface area contributed by atoms with Crippen LogP contribution in [0, 0.1) is 0 Å². The Balaban J connectivity index is 1.68. The van der Waals surface area contributed by atoms with Crippen molar-refractivity contribution in [3.63, 3.8) is 0 Å².